The van der Waals surface area contributed by atoms with E-state index in [4.69, 9.17) is 10.5 Å². The molecule has 2 N–H and O–H groups in total. The lowest BCUT2D eigenvalue weighted by atomic mass is 10.1. The largest absolute Gasteiger partial charge is 0.442 e. The molecule has 3 nitrogen and oxygen atoms in total. The van der Waals surface area contributed by atoms with Crippen molar-refractivity contribution in [3.05, 3.63) is 48.6 Å². The van der Waals surface area contributed by atoms with Gasteiger partial charge in [-0.2, -0.15) is 11.8 Å². The number of benzene rings is 1. The SMILES string of the molecule is C=CCC(C)C(C)SC.CC(OC(N)=O)c1ccccc1. The van der Waals surface area contributed by atoms with Crippen LogP contribution in [0, 0.1) is 5.92 Å². The number of rotatable bonds is 6. The fourth-order valence-electron chi connectivity index (χ4n) is 1.65. The first-order chi connectivity index (χ1) is 9.92. The minimum absolute atomic E-state index is 0.274. The van der Waals surface area contributed by atoms with E-state index in [9.17, 15) is 4.79 Å². The van der Waals surface area contributed by atoms with Gasteiger partial charge in [0.15, 0.2) is 0 Å². The van der Waals surface area contributed by atoms with Gasteiger partial charge in [-0.15, -0.1) is 6.58 Å². The van der Waals surface area contributed by atoms with Crippen LogP contribution in [0.5, 0.6) is 0 Å². The van der Waals surface area contributed by atoms with Crippen LogP contribution in [0.1, 0.15) is 38.9 Å². The van der Waals surface area contributed by atoms with Crippen molar-refractivity contribution in [3.8, 4) is 0 Å². The van der Waals surface area contributed by atoms with Crippen molar-refractivity contribution in [1.29, 1.82) is 0 Å². The summed E-state index contributed by atoms with van der Waals surface area (Å²) in [7, 11) is 0. The summed E-state index contributed by atoms with van der Waals surface area (Å²) in [4.78, 5) is 10.4. The standard InChI is InChI=1S/C9H11NO2.C8H16S/c1-7(12-9(10)11)8-5-3-2-4-6-8;1-5-6-7(2)8(3)9-4/h2-7H,1H3,(H2,10,11);5,7-8H,1,6H2,2-4H3. The quantitative estimate of drug-likeness (QED) is 0.768. The Labute approximate surface area is 133 Å². The molecular weight excluding hydrogens is 282 g/mol. The van der Waals surface area contributed by atoms with Gasteiger partial charge in [-0.05, 0) is 31.1 Å². The Hall–Kier alpha value is -1.42. The molecule has 0 fully saturated rings. The van der Waals surface area contributed by atoms with Gasteiger partial charge in [-0.1, -0.05) is 50.3 Å². The van der Waals surface area contributed by atoms with Crippen LogP contribution in [0.2, 0.25) is 0 Å². The Kier molecular flexibility index (Phi) is 10.5. The van der Waals surface area contributed by atoms with Crippen LogP contribution in [-0.2, 0) is 4.74 Å². The molecule has 4 heteroatoms. The fraction of sp³-hybridized carbons (Fsp3) is 0.471. The summed E-state index contributed by atoms with van der Waals surface area (Å²) in [6.45, 7) is 10.0. The summed E-state index contributed by atoms with van der Waals surface area (Å²) in [5.74, 6) is 0.775. The number of ether oxygens (including phenoxy) is 1. The first-order valence-electron chi connectivity index (χ1n) is 7.07. The molecule has 0 spiro atoms. The minimum atomic E-state index is -0.744. The highest BCUT2D eigenvalue weighted by atomic mass is 32.2. The molecule has 0 saturated heterocycles. The third kappa shape index (κ3) is 9.19. The van der Waals surface area contributed by atoms with E-state index < -0.39 is 6.09 Å². The molecule has 0 bridgehead atoms. The first-order valence-corrected chi connectivity index (χ1v) is 8.35. The molecule has 3 unspecified atom stereocenters. The van der Waals surface area contributed by atoms with E-state index >= 15 is 0 Å². The smallest absolute Gasteiger partial charge is 0.405 e. The van der Waals surface area contributed by atoms with Crippen LogP contribution < -0.4 is 5.73 Å². The highest BCUT2D eigenvalue weighted by Crippen LogP contribution is 2.18. The van der Waals surface area contributed by atoms with E-state index in [1.165, 1.54) is 0 Å². The predicted molar refractivity (Wildman–Crippen MR) is 92.5 cm³/mol. The molecule has 1 rings (SSSR count). The summed E-state index contributed by atoms with van der Waals surface area (Å²) in [5.41, 5.74) is 5.81. The molecule has 1 amide bonds. The Bertz CT molecular complexity index is 409. The molecule has 1 aromatic carbocycles. The van der Waals surface area contributed by atoms with E-state index in [1.807, 2.05) is 48.2 Å². The molecule has 0 radical (unpaired) electrons. The van der Waals surface area contributed by atoms with Crippen LogP contribution in [-0.4, -0.2) is 17.6 Å². The number of primary amides is 1. The number of thioether (sulfide) groups is 1. The van der Waals surface area contributed by atoms with Gasteiger partial charge in [0.2, 0.25) is 0 Å². The summed E-state index contributed by atoms with van der Waals surface area (Å²) in [6, 6.07) is 9.44. The summed E-state index contributed by atoms with van der Waals surface area (Å²) < 4.78 is 4.78. The summed E-state index contributed by atoms with van der Waals surface area (Å²) in [6.07, 6.45) is 4.28. The monoisotopic (exact) mass is 309 g/mol. The lowest BCUT2D eigenvalue weighted by molar-refractivity contribution is 0.116. The van der Waals surface area contributed by atoms with Crippen molar-refractivity contribution < 1.29 is 9.53 Å². The molecule has 0 aliphatic carbocycles. The van der Waals surface area contributed by atoms with Gasteiger partial charge in [-0.25, -0.2) is 4.79 Å². The zero-order valence-corrected chi connectivity index (χ0v) is 14.2. The van der Waals surface area contributed by atoms with Crippen LogP contribution >= 0.6 is 11.8 Å². The number of amides is 1. The first kappa shape index (κ1) is 19.6. The number of nitrogens with two attached hydrogens (primary N) is 1. The second kappa shape index (κ2) is 11.3. The average Bonchev–Trinajstić information content (AvgIpc) is 2.47. The molecule has 21 heavy (non-hydrogen) atoms. The number of carbonyl (C=O) groups is 1. The average molecular weight is 309 g/mol. The summed E-state index contributed by atoms with van der Waals surface area (Å²) >= 11 is 1.93. The van der Waals surface area contributed by atoms with E-state index in [-0.39, 0.29) is 6.10 Å². The molecule has 0 aliphatic rings. The third-order valence-corrected chi connectivity index (χ3v) is 4.48. The van der Waals surface area contributed by atoms with Crippen molar-refractivity contribution in [2.45, 2.75) is 38.5 Å². The molecule has 0 heterocycles. The lowest BCUT2D eigenvalue weighted by Crippen LogP contribution is -2.15. The van der Waals surface area contributed by atoms with Gasteiger partial charge >= 0.3 is 6.09 Å². The second-order valence-electron chi connectivity index (χ2n) is 4.93. The molecule has 1 aromatic rings. The van der Waals surface area contributed by atoms with Gasteiger partial charge in [0.25, 0.3) is 0 Å². The zero-order valence-electron chi connectivity index (χ0n) is 13.4. The molecule has 0 aromatic heterocycles. The van der Waals surface area contributed by atoms with Gasteiger partial charge in [0, 0.05) is 5.25 Å². The molecule has 0 aliphatic heterocycles. The maximum Gasteiger partial charge on any atom is 0.405 e. The van der Waals surface area contributed by atoms with Crippen molar-refractivity contribution >= 4 is 17.9 Å². The van der Waals surface area contributed by atoms with Gasteiger partial charge in [0.1, 0.15) is 6.10 Å². The number of hydrogen-bond donors (Lipinski definition) is 1. The zero-order chi connectivity index (χ0) is 16.3. The van der Waals surface area contributed by atoms with Crippen LogP contribution in [0.15, 0.2) is 43.0 Å². The second-order valence-corrected chi connectivity index (χ2v) is 6.15. The summed E-state index contributed by atoms with van der Waals surface area (Å²) in [5, 5.41) is 0.767. The highest BCUT2D eigenvalue weighted by molar-refractivity contribution is 7.99. The van der Waals surface area contributed by atoms with Crippen molar-refractivity contribution in [3.63, 3.8) is 0 Å². The van der Waals surface area contributed by atoms with Crippen molar-refractivity contribution in [2.24, 2.45) is 11.7 Å². The Morgan fingerprint density at radius 3 is 2.33 bits per heavy atom. The van der Waals surface area contributed by atoms with Crippen LogP contribution in [0.25, 0.3) is 0 Å². The number of hydrogen-bond acceptors (Lipinski definition) is 3. The molecule has 118 valence electrons. The predicted octanol–water partition coefficient (Wildman–Crippen LogP) is 4.79. The Morgan fingerprint density at radius 1 is 1.33 bits per heavy atom. The third-order valence-electron chi connectivity index (χ3n) is 3.27. The van der Waals surface area contributed by atoms with E-state index in [0.717, 1.165) is 23.2 Å². The van der Waals surface area contributed by atoms with E-state index in [2.05, 4.69) is 26.7 Å². The van der Waals surface area contributed by atoms with Gasteiger partial charge in [-0.3, -0.25) is 0 Å². The van der Waals surface area contributed by atoms with Crippen molar-refractivity contribution in [1.82, 2.24) is 0 Å². The normalized spacial score (nSPS) is 14.1. The molecular formula is C17H27NO2S. The Morgan fingerprint density at radius 2 is 1.90 bits per heavy atom. The number of carbonyl (C=O) groups excluding carboxylic acids is 1. The van der Waals surface area contributed by atoms with Gasteiger partial charge < -0.3 is 10.5 Å². The maximum absolute atomic E-state index is 10.4. The topological polar surface area (TPSA) is 52.3 Å². The highest BCUT2D eigenvalue weighted by Gasteiger charge is 2.07. The number of allylic oxidation sites excluding steroid dienone is 1. The van der Waals surface area contributed by atoms with Crippen LogP contribution in [0.4, 0.5) is 4.79 Å². The van der Waals surface area contributed by atoms with E-state index in [0.29, 0.717) is 0 Å². The molecule has 3 atom stereocenters. The van der Waals surface area contributed by atoms with Gasteiger partial charge in [0.05, 0.1) is 0 Å². The fourth-order valence-corrected chi connectivity index (χ4v) is 2.23. The van der Waals surface area contributed by atoms with E-state index in [1.54, 1.807) is 6.92 Å². The lowest BCUT2D eigenvalue weighted by Gasteiger charge is -2.14. The minimum Gasteiger partial charge on any atom is -0.442 e. The maximum atomic E-state index is 10.4. The Balaban J connectivity index is 0.000000400. The van der Waals surface area contributed by atoms with Crippen LogP contribution in [0.3, 0.4) is 0 Å². The van der Waals surface area contributed by atoms with Crippen molar-refractivity contribution in [2.75, 3.05) is 6.26 Å². The molecule has 0 saturated carbocycles.